The molecule has 0 aliphatic rings. The summed E-state index contributed by atoms with van der Waals surface area (Å²) in [6, 6.07) is 2.97. The molecule has 3 aromatic heterocycles. The maximum Gasteiger partial charge on any atom is 0.345 e. The highest BCUT2D eigenvalue weighted by Crippen LogP contribution is 2.23. The molecule has 170 valence electrons. The van der Waals surface area contributed by atoms with E-state index in [-0.39, 0.29) is 41.7 Å². The van der Waals surface area contributed by atoms with Crippen molar-refractivity contribution in [3.8, 4) is 11.6 Å². The third kappa shape index (κ3) is 4.27. The number of ether oxygens (including phenoxy) is 1. The summed E-state index contributed by atoms with van der Waals surface area (Å²) in [6.07, 6.45) is 2.34. The number of esters is 1. The number of carbonyl (C=O) groups excluding carboxylic acids is 1. The van der Waals surface area contributed by atoms with Gasteiger partial charge in [0.15, 0.2) is 22.7 Å². The third-order valence-corrected chi connectivity index (χ3v) is 4.63. The van der Waals surface area contributed by atoms with E-state index in [0.717, 1.165) is 6.08 Å². The van der Waals surface area contributed by atoms with E-state index in [1.807, 2.05) is 13.8 Å². The molecule has 3 rings (SSSR count). The van der Waals surface area contributed by atoms with Crippen molar-refractivity contribution in [2.24, 2.45) is 0 Å². The van der Waals surface area contributed by atoms with Gasteiger partial charge in [0, 0.05) is 19.2 Å². The fraction of sp³-hybridized carbons (Fsp3) is 0.381. The Morgan fingerprint density at radius 3 is 2.47 bits per heavy atom. The van der Waals surface area contributed by atoms with E-state index in [1.54, 1.807) is 6.92 Å². The van der Waals surface area contributed by atoms with Crippen molar-refractivity contribution in [1.82, 2.24) is 19.1 Å². The molecule has 0 aliphatic heterocycles. The Morgan fingerprint density at radius 1 is 1.16 bits per heavy atom. The van der Waals surface area contributed by atoms with Gasteiger partial charge in [-0.25, -0.2) is 19.4 Å². The maximum absolute atomic E-state index is 12.8. The molecule has 0 saturated carbocycles. The number of carboxylic acids is 1. The SMILES string of the molecule is CCCn1c(=O)c2[nH]c(-c3ccc(C=C(C(=O)O)C(=O)OCC)o3)nc2n(CCC)c1=O. The molecule has 0 unspecified atom stereocenters. The lowest BCUT2D eigenvalue weighted by Crippen LogP contribution is -2.40. The number of nitrogens with one attached hydrogen (secondary N) is 1. The minimum absolute atomic E-state index is 0.0286. The zero-order valence-corrected chi connectivity index (χ0v) is 18.0. The molecule has 0 bridgehead atoms. The van der Waals surface area contributed by atoms with Crippen LogP contribution in [0.25, 0.3) is 28.8 Å². The molecular formula is C21H24N4O7. The van der Waals surface area contributed by atoms with Gasteiger partial charge in [-0.1, -0.05) is 13.8 Å². The van der Waals surface area contributed by atoms with Gasteiger partial charge in [0.25, 0.3) is 5.56 Å². The number of fused-ring (bicyclic) bond motifs is 1. The van der Waals surface area contributed by atoms with Crippen LogP contribution in [0.2, 0.25) is 0 Å². The number of hydrogen-bond acceptors (Lipinski definition) is 7. The van der Waals surface area contributed by atoms with E-state index in [4.69, 9.17) is 9.15 Å². The Morgan fingerprint density at radius 2 is 1.84 bits per heavy atom. The number of rotatable bonds is 9. The second-order valence-corrected chi connectivity index (χ2v) is 6.96. The molecule has 11 nitrogen and oxygen atoms in total. The van der Waals surface area contributed by atoms with E-state index < -0.39 is 28.8 Å². The predicted molar refractivity (Wildman–Crippen MR) is 115 cm³/mol. The summed E-state index contributed by atoms with van der Waals surface area (Å²) in [7, 11) is 0. The van der Waals surface area contributed by atoms with Crippen molar-refractivity contribution in [3.05, 3.63) is 44.3 Å². The van der Waals surface area contributed by atoms with Gasteiger partial charge < -0.3 is 19.2 Å². The average Bonchev–Trinajstić information content (AvgIpc) is 3.39. The summed E-state index contributed by atoms with van der Waals surface area (Å²) in [5, 5.41) is 9.26. The smallest absolute Gasteiger partial charge is 0.345 e. The van der Waals surface area contributed by atoms with Gasteiger partial charge in [-0.15, -0.1) is 0 Å². The van der Waals surface area contributed by atoms with Crippen LogP contribution in [-0.4, -0.2) is 42.8 Å². The Balaban J connectivity index is 2.10. The van der Waals surface area contributed by atoms with Crippen LogP contribution in [-0.2, 0) is 27.4 Å². The minimum Gasteiger partial charge on any atom is -0.477 e. The number of aromatic nitrogens is 4. The highest BCUT2D eigenvalue weighted by molar-refractivity contribution is 6.16. The first-order valence-corrected chi connectivity index (χ1v) is 10.3. The Hall–Kier alpha value is -3.89. The van der Waals surface area contributed by atoms with Gasteiger partial charge in [0.1, 0.15) is 11.3 Å². The lowest BCUT2D eigenvalue weighted by atomic mass is 10.2. The first-order chi connectivity index (χ1) is 15.3. The monoisotopic (exact) mass is 444 g/mol. The quantitative estimate of drug-likeness (QED) is 0.220. The summed E-state index contributed by atoms with van der Waals surface area (Å²) < 4.78 is 13.0. The zero-order valence-electron chi connectivity index (χ0n) is 18.0. The largest absolute Gasteiger partial charge is 0.477 e. The first kappa shape index (κ1) is 22.8. The van der Waals surface area contributed by atoms with Crippen LogP contribution in [0, 0.1) is 0 Å². The molecule has 3 aromatic rings. The number of carboxylic acid groups (broad SMARTS) is 1. The van der Waals surface area contributed by atoms with Crippen LogP contribution in [0.1, 0.15) is 39.4 Å². The number of carbonyl (C=O) groups is 2. The van der Waals surface area contributed by atoms with Gasteiger partial charge in [0.2, 0.25) is 0 Å². The molecule has 0 atom stereocenters. The number of hydrogen-bond donors (Lipinski definition) is 2. The zero-order chi connectivity index (χ0) is 23.4. The van der Waals surface area contributed by atoms with Gasteiger partial charge in [0.05, 0.1) is 6.61 Å². The summed E-state index contributed by atoms with van der Waals surface area (Å²) in [4.78, 5) is 56.1. The van der Waals surface area contributed by atoms with Crippen LogP contribution < -0.4 is 11.2 Å². The second-order valence-electron chi connectivity index (χ2n) is 6.96. The minimum atomic E-state index is -1.45. The molecule has 2 N–H and O–H groups in total. The molecular weight excluding hydrogens is 420 g/mol. The molecule has 0 amide bonds. The Bertz CT molecular complexity index is 1310. The fourth-order valence-corrected chi connectivity index (χ4v) is 3.25. The number of imidazole rings is 1. The second kappa shape index (κ2) is 9.50. The lowest BCUT2D eigenvalue weighted by Gasteiger charge is -2.09. The van der Waals surface area contributed by atoms with Crippen molar-refractivity contribution >= 4 is 29.2 Å². The standard InChI is InChI=1S/C21H24N4O7/c1-4-9-24-17-15(18(26)25(10-5-2)21(24)30)22-16(23-17)14-8-7-12(32-14)11-13(19(27)28)20(29)31-6-3/h7-8,11H,4-6,9-10H2,1-3H3,(H,22,23)(H,27,28). The maximum atomic E-state index is 12.8. The van der Waals surface area contributed by atoms with Gasteiger partial charge >= 0.3 is 17.6 Å². The summed E-state index contributed by atoms with van der Waals surface area (Å²) in [5.74, 6) is -1.95. The lowest BCUT2D eigenvalue weighted by molar-refractivity contribution is -0.143. The number of aliphatic carboxylic acids is 1. The molecule has 0 fully saturated rings. The summed E-state index contributed by atoms with van der Waals surface area (Å²) in [5.41, 5.74) is -1.09. The van der Waals surface area contributed by atoms with E-state index in [9.17, 15) is 24.3 Å². The van der Waals surface area contributed by atoms with Crippen LogP contribution in [0.5, 0.6) is 0 Å². The number of furan rings is 1. The number of nitrogens with zero attached hydrogens (tertiary/aromatic N) is 3. The fourth-order valence-electron chi connectivity index (χ4n) is 3.25. The van der Waals surface area contributed by atoms with E-state index in [0.29, 0.717) is 19.4 Å². The molecule has 0 radical (unpaired) electrons. The van der Waals surface area contributed by atoms with Crippen molar-refractivity contribution in [1.29, 1.82) is 0 Å². The van der Waals surface area contributed by atoms with Gasteiger partial charge in [-0.3, -0.25) is 13.9 Å². The average molecular weight is 444 g/mol. The molecule has 11 heteroatoms. The third-order valence-electron chi connectivity index (χ3n) is 4.63. The van der Waals surface area contributed by atoms with Crippen molar-refractivity contribution in [2.75, 3.05) is 6.61 Å². The number of aromatic amines is 1. The summed E-state index contributed by atoms with van der Waals surface area (Å²) in [6.45, 7) is 6.05. The molecule has 3 heterocycles. The molecule has 32 heavy (non-hydrogen) atoms. The summed E-state index contributed by atoms with van der Waals surface area (Å²) >= 11 is 0. The van der Waals surface area contributed by atoms with Crippen LogP contribution in [0.15, 0.2) is 31.7 Å². The van der Waals surface area contributed by atoms with Crippen molar-refractivity contribution in [2.45, 2.75) is 46.7 Å². The first-order valence-electron chi connectivity index (χ1n) is 10.3. The Labute approximate surface area is 181 Å². The van der Waals surface area contributed by atoms with Gasteiger partial charge in [-0.05, 0) is 31.9 Å². The topological polar surface area (TPSA) is 149 Å². The normalized spacial score (nSPS) is 11.8. The van der Waals surface area contributed by atoms with E-state index in [2.05, 4.69) is 9.97 Å². The highest BCUT2D eigenvalue weighted by Gasteiger charge is 2.21. The number of H-pyrrole nitrogens is 1. The van der Waals surface area contributed by atoms with Crippen LogP contribution in [0.4, 0.5) is 0 Å². The molecule has 0 aromatic carbocycles. The number of aryl methyl sites for hydroxylation is 1. The molecule has 0 saturated heterocycles. The van der Waals surface area contributed by atoms with Crippen molar-refractivity contribution in [3.63, 3.8) is 0 Å². The van der Waals surface area contributed by atoms with Crippen LogP contribution >= 0.6 is 0 Å². The van der Waals surface area contributed by atoms with Crippen LogP contribution in [0.3, 0.4) is 0 Å². The highest BCUT2D eigenvalue weighted by atomic mass is 16.5. The predicted octanol–water partition coefficient (Wildman–Crippen LogP) is 2.00. The molecule has 0 aliphatic carbocycles. The van der Waals surface area contributed by atoms with Gasteiger partial charge in [-0.2, -0.15) is 0 Å². The Kier molecular flexibility index (Phi) is 6.76. The van der Waals surface area contributed by atoms with Crippen molar-refractivity contribution < 1.29 is 23.8 Å². The van der Waals surface area contributed by atoms with E-state index in [1.165, 1.54) is 21.3 Å². The molecule has 0 spiro atoms. The van der Waals surface area contributed by atoms with E-state index >= 15 is 0 Å².